The highest BCUT2D eigenvalue weighted by atomic mass is 16.5. The zero-order valence-corrected chi connectivity index (χ0v) is 42.9. The molecular weight excluding hydrogens is 959 g/mol. The summed E-state index contributed by atoms with van der Waals surface area (Å²) in [6, 6.07) is 105. The molecule has 2 spiro atoms. The van der Waals surface area contributed by atoms with Crippen LogP contribution in [0.5, 0.6) is 23.0 Å². The van der Waals surface area contributed by atoms with Crippen LogP contribution >= 0.6 is 0 Å². The molecule has 0 atom stereocenters. The lowest BCUT2D eigenvalue weighted by atomic mass is 9.65. The van der Waals surface area contributed by atoms with E-state index in [0.29, 0.717) is 0 Å². The van der Waals surface area contributed by atoms with E-state index in [0.717, 1.165) is 78.8 Å². The number of para-hydroxylation sites is 4. The lowest BCUT2D eigenvalue weighted by molar-refractivity contribution is 0.436. The van der Waals surface area contributed by atoms with Gasteiger partial charge in [0.25, 0.3) is 0 Å². The molecule has 2 aliphatic carbocycles. The van der Waals surface area contributed by atoms with Gasteiger partial charge in [0.1, 0.15) is 23.0 Å². The fourth-order valence-corrected chi connectivity index (χ4v) is 14.4. The predicted molar refractivity (Wildman–Crippen MR) is 322 cm³/mol. The van der Waals surface area contributed by atoms with Crippen molar-refractivity contribution in [2.45, 2.75) is 10.8 Å². The van der Waals surface area contributed by atoms with Crippen LogP contribution in [0.3, 0.4) is 0 Å². The number of anilines is 3. The summed E-state index contributed by atoms with van der Waals surface area (Å²) in [6.45, 7) is 0. The molecule has 2 aliphatic heterocycles. The summed E-state index contributed by atoms with van der Waals surface area (Å²) in [7, 11) is 0. The van der Waals surface area contributed by atoms with Crippen LogP contribution < -0.4 is 14.4 Å². The molecule has 13 aromatic rings. The Morgan fingerprint density at radius 2 is 0.696 bits per heavy atom. The first kappa shape index (κ1) is 44.0. The summed E-state index contributed by atoms with van der Waals surface area (Å²) >= 11 is 0. The van der Waals surface area contributed by atoms with Crippen molar-refractivity contribution in [2.75, 3.05) is 4.90 Å². The molecule has 13 aromatic carbocycles. The number of hydrogen-bond acceptors (Lipinski definition) is 3. The first-order valence-electron chi connectivity index (χ1n) is 27.3. The zero-order valence-electron chi connectivity index (χ0n) is 42.9. The van der Waals surface area contributed by atoms with Gasteiger partial charge in [0.05, 0.1) is 22.2 Å². The molecule has 0 saturated heterocycles. The summed E-state index contributed by atoms with van der Waals surface area (Å²) in [6.07, 6.45) is 0. The van der Waals surface area contributed by atoms with Gasteiger partial charge in [-0.05, 0) is 138 Å². The van der Waals surface area contributed by atoms with E-state index in [9.17, 15) is 0 Å². The van der Waals surface area contributed by atoms with Crippen molar-refractivity contribution in [2.24, 2.45) is 0 Å². The van der Waals surface area contributed by atoms with Crippen molar-refractivity contribution < 1.29 is 9.47 Å². The van der Waals surface area contributed by atoms with E-state index in [1.807, 2.05) is 0 Å². The SMILES string of the molecule is c1ccc(-c2ccc(-c3ccc(N(c4cccc5c4-c4ccccc4C54c5ccccc5Oc5ccccc54)c4cc5c(c6ccccc46)-c4cc6ccccc6cc4C54c5ccccc5Oc5ccccc54)cc3)cc2)cc1. The molecule has 0 saturated carbocycles. The molecule has 0 bridgehead atoms. The molecule has 0 fully saturated rings. The molecule has 0 aromatic heterocycles. The van der Waals surface area contributed by atoms with Gasteiger partial charge in [-0.2, -0.15) is 0 Å². The van der Waals surface area contributed by atoms with Gasteiger partial charge >= 0.3 is 0 Å². The van der Waals surface area contributed by atoms with E-state index in [1.165, 1.54) is 71.8 Å². The highest BCUT2D eigenvalue weighted by Gasteiger charge is 2.54. The normalized spacial score (nSPS) is 14.0. The average Bonchev–Trinajstić information content (AvgIpc) is 2.59. The van der Waals surface area contributed by atoms with Gasteiger partial charge in [-0.15, -0.1) is 0 Å². The number of ether oxygens (including phenoxy) is 2. The Morgan fingerprint density at radius 3 is 1.29 bits per heavy atom. The summed E-state index contributed by atoms with van der Waals surface area (Å²) < 4.78 is 13.7. The van der Waals surface area contributed by atoms with Crippen molar-refractivity contribution in [3.8, 4) is 67.5 Å². The Kier molecular flexibility index (Phi) is 9.26. The minimum Gasteiger partial charge on any atom is -0.457 e. The summed E-state index contributed by atoms with van der Waals surface area (Å²) in [5.74, 6) is 3.48. The Hall–Kier alpha value is -10.2. The van der Waals surface area contributed by atoms with Gasteiger partial charge in [0.2, 0.25) is 0 Å². The Labute approximate surface area is 458 Å². The molecule has 4 aliphatic rings. The number of rotatable bonds is 5. The zero-order chi connectivity index (χ0) is 51.8. The maximum absolute atomic E-state index is 6.93. The van der Waals surface area contributed by atoms with Crippen LogP contribution in [0.2, 0.25) is 0 Å². The van der Waals surface area contributed by atoms with Crippen LogP contribution in [-0.2, 0) is 10.8 Å². The topological polar surface area (TPSA) is 21.7 Å². The minimum absolute atomic E-state index is 0.655. The molecule has 368 valence electrons. The number of hydrogen-bond donors (Lipinski definition) is 0. The molecule has 2 heterocycles. The summed E-state index contributed by atoms with van der Waals surface area (Å²) in [5.41, 5.74) is 21.0. The number of nitrogens with zero attached hydrogens (tertiary/aromatic N) is 1. The van der Waals surface area contributed by atoms with Gasteiger partial charge in [0, 0.05) is 38.9 Å². The van der Waals surface area contributed by atoms with E-state index in [-0.39, 0.29) is 0 Å². The van der Waals surface area contributed by atoms with Gasteiger partial charge in [-0.3, -0.25) is 0 Å². The fraction of sp³-hybridized carbons (Fsp3) is 0.0263. The third-order valence-electron chi connectivity index (χ3n) is 17.6. The Balaban J connectivity index is 0.975. The van der Waals surface area contributed by atoms with Crippen molar-refractivity contribution in [3.05, 3.63) is 330 Å². The molecule has 79 heavy (non-hydrogen) atoms. The molecule has 0 unspecified atom stereocenters. The van der Waals surface area contributed by atoms with Gasteiger partial charge in [-0.25, -0.2) is 0 Å². The van der Waals surface area contributed by atoms with E-state index in [2.05, 4.69) is 290 Å². The first-order valence-corrected chi connectivity index (χ1v) is 27.3. The fourth-order valence-electron chi connectivity index (χ4n) is 14.4. The second kappa shape index (κ2) is 16.6. The minimum atomic E-state index is -0.731. The van der Waals surface area contributed by atoms with Crippen molar-refractivity contribution in [1.29, 1.82) is 0 Å². The average molecular weight is 1010 g/mol. The molecule has 17 rings (SSSR count). The van der Waals surface area contributed by atoms with Crippen LogP contribution in [0.25, 0.3) is 66.1 Å². The number of benzene rings is 13. The Morgan fingerprint density at radius 1 is 0.253 bits per heavy atom. The summed E-state index contributed by atoms with van der Waals surface area (Å²) in [5, 5.41) is 4.78. The van der Waals surface area contributed by atoms with E-state index in [4.69, 9.17) is 9.47 Å². The highest BCUT2D eigenvalue weighted by Crippen LogP contribution is 2.67. The van der Waals surface area contributed by atoms with Crippen molar-refractivity contribution in [3.63, 3.8) is 0 Å². The Bertz CT molecular complexity index is 4580. The van der Waals surface area contributed by atoms with E-state index < -0.39 is 10.8 Å². The predicted octanol–water partition coefficient (Wildman–Crippen LogP) is 19.7. The van der Waals surface area contributed by atoms with Crippen molar-refractivity contribution in [1.82, 2.24) is 0 Å². The maximum atomic E-state index is 6.93. The monoisotopic (exact) mass is 1010 g/mol. The lowest BCUT2D eigenvalue weighted by Gasteiger charge is -2.40. The lowest BCUT2D eigenvalue weighted by Crippen LogP contribution is -2.32. The van der Waals surface area contributed by atoms with Gasteiger partial charge in [-0.1, -0.05) is 224 Å². The summed E-state index contributed by atoms with van der Waals surface area (Å²) in [4.78, 5) is 2.57. The van der Waals surface area contributed by atoms with E-state index >= 15 is 0 Å². The second-order valence-corrected chi connectivity index (χ2v) is 21.4. The van der Waals surface area contributed by atoms with Crippen LogP contribution in [0, 0.1) is 0 Å². The largest absolute Gasteiger partial charge is 0.457 e. The molecule has 3 nitrogen and oxygen atoms in total. The maximum Gasteiger partial charge on any atom is 0.132 e. The molecule has 3 heteroatoms. The highest BCUT2D eigenvalue weighted by molar-refractivity contribution is 6.13. The molecule has 0 amide bonds. The number of fused-ring (bicyclic) bond motifs is 21. The standard InChI is InChI=1S/C76H47NO2/c1-2-19-48(20-3-1)49-37-39-50(40-38-49)51-41-43-54(44-42-51)77(67-32-18-31-64-74(67)57-25-8-9-26-59(57)75(64)60-27-10-14-33-69(60)78-70-34-15-11-28-61(70)75)68-47-66-73(56-24-7-6-23-55(56)68)58-45-52-21-4-5-22-53(52)46-65(58)76(66)62-29-12-16-35-71(62)79-72-36-17-13-30-63(72)76/h1-47H. The van der Waals surface area contributed by atoms with Crippen LogP contribution in [-0.4, -0.2) is 0 Å². The second-order valence-electron chi connectivity index (χ2n) is 21.4. The van der Waals surface area contributed by atoms with Crippen molar-refractivity contribution >= 4 is 38.6 Å². The molecule has 0 radical (unpaired) electrons. The molecule has 0 N–H and O–H groups in total. The molecular formula is C76H47NO2. The van der Waals surface area contributed by atoms with Gasteiger partial charge < -0.3 is 14.4 Å². The third-order valence-corrected chi connectivity index (χ3v) is 17.6. The van der Waals surface area contributed by atoms with Gasteiger partial charge in [0.15, 0.2) is 0 Å². The third kappa shape index (κ3) is 6.02. The first-order chi connectivity index (χ1) is 39.2. The van der Waals surface area contributed by atoms with Crippen LogP contribution in [0.15, 0.2) is 285 Å². The van der Waals surface area contributed by atoms with Crippen LogP contribution in [0.4, 0.5) is 17.1 Å². The van der Waals surface area contributed by atoms with Crippen LogP contribution in [0.1, 0.15) is 44.5 Å². The van der Waals surface area contributed by atoms with E-state index in [1.54, 1.807) is 0 Å². The smallest absolute Gasteiger partial charge is 0.132 e. The quantitative estimate of drug-likeness (QED) is 0.171.